The monoisotopic (exact) mass is 352 g/mol. The van der Waals surface area contributed by atoms with Crippen molar-refractivity contribution in [2.24, 2.45) is 5.41 Å². The summed E-state index contributed by atoms with van der Waals surface area (Å²) in [6.45, 7) is 4.03. The number of aromatic nitrogens is 2. The van der Waals surface area contributed by atoms with Gasteiger partial charge in [0.15, 0.2) is 0 Å². The van der Waals surface area contributed by atoms with E-state index in [4.69, 9.17) is 21.6 Å². The van der Waals surface area contributed by atoms with E-state index in [2.05, 4.69) is 21.4 Å². The van der Waals surface area contributed by atoms with Crippen LogP contribution in [-0.2, 0) is 0 Å². The zero-order chi connectivity index (χ0) is 17.9. The number of hydrogen-bond donors (Lipinski definition) is 1. The summed E-state index contributed by atoms with van der Waals surface area (Å²) in [5, 5.41) is 14.7. The van der Waals surface area contributed by atoms with E-state index in [-0.39, 0.29) is 0 Å². The largest absolute Gasteiger partial charge is 0.492 e. The van der Waals surface area contributed by atoms with Crippen LogP contribution in [0.4, 0.5) is 11.5 Å². The molecule has 2 heterocycles. The summed E-state index contributed by atoms with van der Waals surface area (Å²) in [6, 6.07) is 13.5. The minimum atomic E-state index is -0.526. The number of fused-ring (bicyclic) bond motifs is 1. The number of nitrogens with one attached hydrogen (secondary N) is 1. The van der Waals surface area contributed by atoms with E-state index in [0.717, 1.165) is 28.0 Å². The van der Waals surface area contributed by atoms with Crippen LogP contribution in [0.15, 0.2) is 48.8 Å². The highest BCUT2D eigenvalue weighted by Crippen LogP contribution is 2.28. The predicted molar refractivity (Wildman–Crippen MR) is 99.2 cm³/mol. The number of ether oxygens (including phenoxy) is 1. The number of halogens is 1. The summed E-state index contributed by atoms with van der Waals surface area (Å²) < 4.78 is 5.75. The molecule has 0 aliphatic carbocycles. The van der Waals surface area contributed by atoms with Gasteiger partial charge in [0, 0.05) is 11.6 Å². The second-order valence-corrected chi connectivity index (χ2v) is 6.71. The fourth-order valence-corrected chi connectivity index (χ4v) is 2.34. The van der Waals surface area contributed by atoms with E-state index in [1.807, 2.05) is 44.2 Å². The summed E-state index contributed by atoms with van der Waals surface area (Å²) in [7, 11) is 0. The van der Waals surface area contributed by atoms with Crippen LogP contribution < -0.4 is 10.1 Å². The molecule has 3 rings (SSSR count). The molecule has 0 aliphatic rings. The molecule has 0 unspecified atom stereocenters. The lowest BCUT2D eigenvalue weighted by Gasteiger charge is -2.16. The van der Waals surface area contributed by atoms with Crippen molar-refractivity contribution in [2.45, 2.75) is 13.8 Å². The van der Waals surface area contributed by atoms with Gasteiger partial charge in [0.2, 0.25) is 0 Å². The highest BCUT2D eigenvalue weighted by molar-refractivity contribution is 6.29. The Bertz CT molecular complexity index is 932. The van der Waals surface area contributed by atoms with Gasteiger partial charge in [0.25, 0.3) is 0 Å². The molecule has 3 aromatic rings. The van der Waals surface area contributed by atoms with Crippen LogP contribution in [0.3, 0.4) is 0 Å². The van der Waals surface area contributed by atoms with E-state index in [1.54, 1.807) is 18.5 Å². The molecule has 0 saturated heterocycles. The Morgan fingerprint density at radius 3 is 2.76 bits per heavy atom. The number of hydrogen-bond acceptors (Lipinski definition) is 5. The molecule has 0 atom stereocenters. The van der Waals surface area contributed by atoms with Gasteiger partial charge in [-0.3, -0.25) is 0 Å². The number of nitriles is 1. The number of pyridine rings is 2. The van der Waals surface area contributed by atoms with Crippen molar-refractivity contribution in [1.29, 1.82) is 5.26 Å². The molecule has 6 heteroatoms. The number of rotatable bonds is 5. The quantitative estimate of drug-likeness (QED) is 0.657. The van der Waals surface area contributed by atoms with Crippen molar-refractivity contribution < 1.29 is 4.74 Å². The first kappa shape index (κ1) is 17.0. The summed E-state index contributed by atoms with van der Waals surface area (Å²) in [5.41, 5.74) is 0.280. The zero-order valence-corrected chi connectivity index (χ0v) is 14.7. The highest BCUT2D eigenvalue weighted by atomic mass is 35.5. The van der Waals surface area contributed by atoms with Crippen molar-refractivity contribution in [3.05, 3.63) is 53.9 Å². The second-order valence-electron chi connectivity index (χ2n) is 6.32. The minimum Gasteiger partial charge on any atom is -0.492 e. The number of benzene rings is 1. The third kappa shape index (κ3) is 4.17. The average molecular weight is 353 g/mol. The Hall–Kier alpha value is -2.84. The Morgan fingerprint density at radius 2 is 2.04 bits per heavy atom. The van der Waals surface area contributed by atoms with Gasteiger partial charge in [-0.2, -0.15) is 5.26 Å². The van der Waals surface area contributed by atoms with E-state index in [1.165, 1.54) is 0 Å². The maximum atomic E-state index is 9.08. The predicted octanol–water partition coefficient (Wildman–Crippen LogP) is 4.96. The van der Waals surface area contributed by atoms with Gasteiger partial charge >= 0.3 is 0 Å². The molecule has 126 valence electrons. The van der Waals surface area contributed by atoms with Gasteiger partial charge in [-0.05, 0) is 55.6 Å². The molecule has 0 aliphatic heterocycles. The first-order chi connectivity index (χ1) is 12.0. The maximum Gasteiger partial charge on any atom is 0.138 e. The van der Waals surface area contributed by atoms with Gasteiger partial charge in [-0.1, -0.05) is 11.6 Å². The number of anilines is 2. The third-order valence-electron chi connectivity index (χ3n) is 3.63. The van der Waals surface area contributed by atoms with Crippen molar-refractivity contribution in [1.82, 2.24) is 9.97 Å². The SMILES string of the molecule is CC(C)(C#N)COc1ccc2c(Nc3ccc(Cl)nc3)nccc2c1. The normalized spacial score (nSPS) is 11.1. The van der Waals surface area contributed by atoms with Crippen LogP contribution in [0.5, 0.6) is 5.75 Å². The lowest BCUT2D eigenvalue weighted by molar-refractivity contribution is 0.227. The van der Waals surface area contributed by atoms with Crippen molar-refractivity contribution >= 4 is 33.9 Å². The zero-order valence-electron chi connectivity index (χ0n) is 14.0. The van der Waals surface area contributed by atoms with Gasteiger partial charge in [-0.15, -0.1) is 0 Å². The molecular weight excluding hydrogens is 336 g/mol. The summed E-state index contributed by atoms with van der Waals surface area (Å²) in [6.07, 6.45) is 3.39. The van der Waals surface area contributed by atoms with E-state index in [0.29, 0.717) is 11.8 Å². The van der Waals surface area contributed by atoms with Gasteiger partial charge in [-0.25, -0.2) is 9.97 Å². The molecule has 0 bridgehead atoms. The molecule has 0 radical (unpaired) electrons. The van der Waals surface area contributed by atoms with E-state index < -0.39 is 5.41 Å². The Kier molecular flexibility index (Phi) is 4.73. The van der Waals surface area contributed by atoms with Crippen molar-refractivity contribution in [3.63, 3.8) is 0 Å². The summed E-state index contributed by atoms with van der Waals surface area (Å²) >= 11 is 5.81. The Balaban J connectivity index is 1.85. The molecule has 1 N–H and O–H groups in total. The smallest absolute Gasteiger partial charge is 0.138 e. The standard InChI is InChI=1S/C19H17ClN4O/c1-19(2,11-21)12-25-15-4-5-16-13(9-15)7-8-22-18(16)24-14-3-6-17(20)23-10-14/h3-10H,12H2,1-2H3,(H,22,24). The molecular formula is C19H17ClN4O. The lowest BCUT2D eigenvalue weighted by atomic mass is 9.98. The van der Waals surface area contributed by atoms with Crippen LogP contribution in [0, 0.1) is 16.7 Å². The topological polar surface area (TPSA) is 70.8 Å². The van der Waals surface area contributed by atoms with Crippen LogP contribution in [0.1, 0.15) is 13.8 Å². The van der Waals surface area contributed by atoms with Gasteiger partial charge < -0.3 is 10.1 Å². The van der Waals surface area contributed by atoms with Crippen molar-refractivity contribution in [2.75, 3.05) is 11.9 Å². The molecule has 25 heavy (non-hydrogen) atoms. The second kappa shape index (κ2) is 6.96. The Morgan fingerprint density at radius 1 is 1.20 bits per heavy atom. The fourth-order valence-electron chi connectivity index (χ4n) is 2.23. The Labute approximate surface area is 151 Å². The summed E-state index contributed by atoms with van der Waals surface area (Å²) in [5.74, 6) is 1.45. The van der Waals surface area contributed by atoms with E-state index >= 15 is 0 Å². The van der Waals surface area contributed by atoms with E-state index in [9.17, 15) is 0 Å². The first-order valence-electron chi connectivity index (χ1n) is 7.78. The fraction of sp³-hybridized carbons (Fsp3) is 0.211. The molecule has 0 fully saturated rings. The molecule has 1 aromatic carbocycles. The van der Waals surface area contributed by atoms with Crippen LogP contribution in [0.2, 0.25) is 5.15 Å². The van der Waals surface area contributed by atoms with Gasteiger partial charge in [0.05, 0.1) is 23.4 Å². The maximum absolute atomic E-state index is 9.08. The highest BCUT2D eigenvalue weighted by Gasteiger charge is 2.17. The van der Waals surface area contributed by atoms with Crippen LogP contribution >= 0.6 is 11.6 Å². The molecule has 5 nitrogen and oxygen atoms in total. The van der Waals surface area contributed by atoms with Crippen LogP contribution in [-0.4, -0.2) is 16.6 Å². The molecule has 0 spiro atoms. The van der Waals surface area contributed by atoms with Gasteiger partial charge in [0.1, 0.15) is 23.3 Å². The van der Waals surface area contributed by atoms with Crippen LogP contribution in [0.25, 0.3) is 10.8 Å². The lowest BCUT2D eigenvalue weighted by Crippen LogP contribution is -2.18. The third-order valence-corrected chi connectivity index (χ3v) is 3.85. The number of nitrogens with zero attached hydrogens (tertiary/aromatic N) is 3. The molecule has 2 aromatic heterocycles. The minimum absolute atomic E-state index is 0.335. The molecule has 0 amide bonds. The summed E-state index contributed by atoms with van der Waals surface area (Å²) in [4.78, 5) is 8.45. The average Bonchev–Trinajstić information content (AvgIpc) is 2.62. The first-order valence-corrected chi connectivity index (χ1v) is 8.16. The van der Waals surface area contributed by atoms with Crippen molar-refractivity contribution in [3.8, 4) is 11.8 Å². The molecule has 0 saturated carbocycles.